The van der Waals surface area contributed by atoms with Crippen LogP contribution in [0, 0.1) is 0 Å². The number of nitrogens with zero attached hydrogens (tertiary/aromatic N) is 3. The third kappa shape index (κ3) is 7.51. The molecule has 1 saturated heterocycles. The summed E-state index contributed by atoms with van der Waals surface area (Å²) in [7, 11) is 3.62. The lowest BCUT2D eigenvalue weighted by atomic mass is 10.2. The standard InChI is InChI=1S/C17H25F3N4S.HI/c1-21-16(22-14-8-9-24(11-14)12-17(18,19)20)23(2)10-13-4-6-15(25-3)7-5-13;/h4-7,14H,8-12H2,1-3H3,(H,21,22);1H. The number of likely N-dealkylation sites (tertiary alicyclic amines) is 1. The zero-order valence-corrected chi connectivity index (χ0v) is 18.4. The topological polar surface area (TPSA) is 30.9 Å². The maximum Gasteiger partial charge on any atom is 0.401 e. The molecule has 0 bridgehead atoms. The first-order valence-corrected chi connectivity index (χ1v) is 9.39. The van der Waals surface area contributed by atoms with Crippen LogP contribution in [0.1, 0.15) is 12.0 Å². The van der Waals surface area contributed by atoms with E-state index in [1.807, 2.05) is 18.2 Å². The van der Waals surface area contributed by atoms with Crippen LogP contribution >= 0.6 is 35.7 Å². The lowest BCUT2D eigenvalue weighted by Gasteiger charge is -2.25. The van der Waals surface area contributed by atoms with Gasteiger partial charge in [-0.1, -0.05) is 12.1 Å². The van der Waals surface area contributed by atoms with Crippen LogP contribution < -0.4 is 5.32 Å². The SMILES string of the molecule is CN=C(NC1CCN(CC(F)(F)F)C1)N(C)Cc1ccc(SC)cc1.I. The number of hydrogen-bond donors (Lipinski definition) is 1. The molecule has 0 amide bonds. The van der Waals surface area contributed by atoms with Gasteiger partial charge in [0.05, 0.1) is 6.54 Å². The van der Waals surface area contributed by atoms with Gasteiger partial charge in [0.25, 0.3) is 0 Å². The maximum atomic E-state index is 12.5. The van der Waals surface area contributed by atoms with Gasteiger partial charge in [-0.25, -0.2) is 0 Å². The molecule has 26 heavy (non-hydrogen) atoms. The van der Waals surface area contributed by atoms with Gasteiger partial charge in [-0.05, 0) is 30.4 Å². The highest BCUT2D eigenvalue weighted by atomic mass is 127. The van der Waals surface area contributed by atoms with Crippen molar-refractivity contribution in [3.63, 3.8) is 0 Å². The lowest BCUT2D eigenvalue weighted by molar-refractivity contribution is -0.143. The number of nitrogens with one attached hydrogen (secondary N) is 1. The van der Waals surface area contributed by atoms with E-state index in [-0.39, 0.29) is 30.0 Å². The number of aliphatic imine (C=N–C) groups is 1. The van der Waals surface area contributed by atoms with Crippen LogP contribution in [0.4, 0.5) is 13.2 Å². The summed E-state index contributed by atoms with van der Waals surface area (Å²) in [4.78, 5) is 8.90. The zero-order valence-electron chi connectivity index (χ0n) is 15.2. The Morgan fingerprint density at radius 1 is 1.35 bits per heavy atom. The Hall–Kier alpha value is -0.680. The molecule has 1 heterocycles. The summed E-state index contributed by atoms with van der Waals surface area (Å²) in [6, 6.07) is 8.31. The summed E-state index contributed by atoms with van der Waals surface area (Å²) in [5.41, 5.74) is 1.16. The Labute approximate surface area is 174 Å². The second-order valence-corrected chi connectivity index (χ2v) is 7.11. The van der Waals surface area contributed by atoms with E-state index in [0.29, 0.717) is 32.0 Å². The van der Waals surface area contributed by atoms with Crippen molar-refractivity contribution < 1.29 is 13.2 Å². The fourth-order valence-corrected chi connectivity index (χ4v) is 3.36. The number of thioether (sulfide) groups is 1. The average Bonchev–Trinajstić information content (AvgIpc) is 2.98. The quantitative estimate of drug-likeness (QED) is 0.288. The van der Waals surface area contributed by atoms with Gasteiger partial charge in [0.2, 0.25) is 0 Å². The highest BCUT2D eigenvalue weighted by Gasteiger charge is 2.34. The first-order chi connectivity index (χ1) is 11.8. The molecule has 1 unspecified atom stereocenters. The molecule has 0 aliphatic carbocycles. The molecule has 148 valence electrons. The summed E-state index contributed by atoms with van der Waals surface area (Å²) in [6.45, 7) is 0.678. The number of rotatable bonds is 5. The van der Waals surface area contributed by atoms with Gasteiger partial charge in [-0.3, -0.25) is 9.89 Å². The highest BCUT2D eigenvalue weighted by molar-refractivity contribution is 14.0. The number of halogens is 4. The average molecular weight is 502 g/mol. The Kier molecular flexibility index (Phi) is 9.53. The maximum absolute atomic E-state index is 12.5. The Bertz CT molecular complexity index is 580. The van der Waals surface area contributed by atoms with Crippen molar-refractivity contribution in [3.8, 4) is 0 Å². The van der Waals surface area contributed by atoms with E-state index in [2.05, 4.69) is 34.6 Å². The number of hydrogen-bond acceptors (Lipinski definition) is 3. The molecule has 1 atom stereocenters. The third-order valence-corrected chi connectivity index (χ3v) is 4.90. The monoisotopic (exact) mass is 502 g/mol. The molecule has 0 aromatic heterocycles. The van der Waals surface area contributed by atoms with E-state index in [1.165, 1.54) is 9.80 Å². The Balaban J connectivity index is 0.00000338. The molecule has 0 spiro atoms. The van der Waals surface area contributed by atoms with E-state index < -0.39 is 12.7 Å². The second-order valence-electron chi connectivity index (χ2n) is 6.23. The minimum absolute atomic E-state index is 0. The molecule has 0 saturated carbocycles. The predicted molar refractivity (Wildman–Crippen MR) is 112 cm³/mol. The summed E-state index contributed by atoms with van der Waals surface area (Å²) in [6.07, 6.45) is -1.42. The first-order valence-electron chi connectivity index (χ1n) is 8.17. The normalized spacial score (nSPS) is 18.5. The Morgan fingerprint density at radius 3 is 2.54 bits per heavy atom. The largest absolute Gasteiger partial charge is 0.401 e. The van der Waals surface area contributed by atoms with Crippen molar-refractivity contribution in [1.29, 1.82) is 0 Å². The molecule has 1 aliphatic heterocycles. The molecule has 9 heteroatoms. The van der Waals surface area contributed by atoms with Gasteiger partial charge >= 0.3 is 6.18 Å². The molecule has 1 aromatic carbocycles. The van der Waals surface area contributed by atoms with Gasteiger partial charge in [0.1, 0.15) is 0 Å². The van der Waals surface area contributed by atoms with Gasteiger partial charge < -0.3 is 10.2 Å². The number of benzene rings is 1. The van der Waals surface area contributed by atoms with E-state index in [4.69, 9.17) is 0 Å². The fourth-order valence-electron chi connectivity index (χ4n) is 2.96. The minimum atomic E-state index is -4.14. The van der Waals surface area contributed by atoms with Crippen LogP contribution in [-0.2, 0) is 6.54 Å². The van der Waals surface area contributed by atoms with Crippen molar-refractivity contribution in [3.05, 3.63) is 29.8 Å². The Morgan fingerprint density at radius 2 is 2.00 bits per heavy atom. The van der Waals surface area contributed by atoms with Crippen molar-refractivity contribution in [2.75, 3.05) is 40.0 Å². The van der Waals surface area contributed by atoms with Crippen molar-refractivity contribution in [2.45, 2.75) is 30.1 Å². The van der Waals surface area contributed by atoms with E-state index in [1.54, 1.807) is 18.8 Å². The van der Waals surface area contributed by atoms with E-state index in [0.717, 1.165) is 5.56 Å². The molecule has 1 fully saturated rings. The number of guanidine groups is 1. The summed E-state index contributed by atoms with van der Waals surface area (Å²) < 4.78 is 37.5. The zero-order chi connectivity index (χ0) is 18.4. The van der Waals surface area contributed by atoms with Crippen LogP contribution in [0.5, 0.6) is 0 Å². The molecule has 2 rings (SSSR count). The second kappa shape index (κ2) is 10.6. The van der Waals surface area contributed by atoms with Crippen LogP contribution in [0.2, 0.25) is 0 Å². The smallest absolute Gasteiger partial charge is 0.352 e. The van der Waals surface area contributed by atoms with E-state index >= 15 is 0 Å². The highest BCUT2D eigenvalue weighted by Crippen LogP contribution is 2.20. The first kappa shape index (κ1) is 23.4. The van der Waals surface area contributed by atoms with Gasteiger partial charge in [-0.2, -0.15) is 13.2 Å². The molecule has 1 aliphatic rings. The lowest BCUT2D eigenvalue weighted by Crippen LogP contribution is -2.45. The molecule has 1 aromatic rings. The molecule has 4 nitrogen and oxygen atoms in total. The van der Waals surface area contributed by atoms with Crippen molar-refractivity contribution in [1.82, 2.24) is 15.1 Å². The van der Waals surface area contributed by atoms with Crippen molar-refractivity contribution >= 4 is 41.7 Å². The molecular weight excluding hydrogens is 476 g/mol. The summed E-state index contributed by atoms with van der Waals surface area (Å²) in [5, 5.41) is 3.29. The fraction of sp³-hybridized carbons (Fsp3) is 0.588. The minimum Gasteiger partial charge on any atom is -0.352 e. The van der Waals surface area contributed by atoms with Gasteiger partial charge in [0, 0.05) is 44.7 Å². The number of alkyl halides is 3. The summed E-state index contributed by atoms with van der Waals surface area (Å²) >= 11 is 1.70. The molecular formula is C17H26F3IN4S. The van der Waals surface area contributed by atoms with E-state index in [9.17, 15) is 13.2 Å². The van der Waals surface area contributed by atoms with Crippen LogP contribution in [0.3, 0.4) is 0 Å². The van der Waals surface area contributed by atoms with Crippen LogP contribution in [0.15, 0.2) is 34.2 Å². The van der Waals surface area contributed by atoms with Gasteiger partial charge in [-0.15, -0.1) is 35.7 Å². The molecule has 0 radical (unpaired) electrons. The van der Waals surface area contributed by atoms with Crippen LogP contribution in [-0.4, -0.2) is 68.0 Å². The van der Waals surface area contributed by atoms with Crippen LogP contribution in [0.25, 0.3) is 0 Å². The summed E-state index contributed by atoms with van der Waals surface area (Å²) in [5.74, 6) is 0.702. The van der Waals surface area contributed by atoms with Gasteiger partial charge in [0.15, 0.2) is 5.96 Å². The molecule has 1 N–H and O–H groups in total. The predicted octanol–water partition coefficient (Wildman–Crippen LogP) is 3.67. The van der Waals surface area contributed by atoms with Crippen molar-refractivity contribution in [2.24, 2.45) is 4.99 Å². The third-order valence-electron chi connectivity index (χ3n) is 4.16.